The van der Waals surface area contributed by atoms with Gasteiger partial charge in [-0.05, 0) is 0 Å². The van der Waals surface area contributed by atoms with Gasteiger partial charge in [-0.2, -0.15) is 0 Å². The molecule has 0 aliphatic carbocycles. The Balaban J connectivity index is 3.46. The molecule has 0 saturated carbocycles. The molecule has 1 N–H and O–H groups in total. The van der Waals surface area contributed by atoms with Crippen LogP contribution < -0.4 is 0 Å². The third kappa shape index (κ3) is 1.67. The molecule has 1 rings (SSSR count). The highest BCUT2D eigenvalue weighted by Gasteiger charge is 2.12. The molecule has 1 aromatic carbocycles. The molecule has 0 atom stereocenters. The summed E-state index contributed by atoms with van der Waals surface area (Å²) in [5.41, 5.74) is 0. The molecular weight excluding hydrogens is 230 g/mol. The normalized spacial score (nSPS) is 10.2. The van der Waals surface area contributed by atoms with Gasteiger partial charge in [0.15, 0.2) is 5.75 Å². The summed E-state index contributed by atoms with van der Waals surface area (Å²) in [7, 11) is 0. The van der Waals surface area contributed by atoms with Crippen LogP contribution in [0.1, 0.15) is 0 Å². The second-order valence-electron chi connectivity index (χ2n) is 1.73. The molecule has 0 fully saturated rings. The van der Waals surface area contributed by atoms with Gasteiger partial charge in [0.05, 0.1) is 10.0 Å². The first kappa shape index (κ1) is 9.27. The summed E-state index contributed by atoms with van der Waals surface area (Å²) in [6.45, 7) is 0. The van der Waals surface area contributed by atoms with Gasteiger partial charge in [-0.15, -0.1) is 0 Å². The largest absolute Gasteiger partial charge is 0.505 e. The van der Waals surface area contributed by atoms with E-state index >= 15 is 0 Å². The van der Waals surface area contributed by atoms with Crippen molar-refractivity contribution in [3.8, 4) is 5.75 Å². The Kier molecular flexibility index (Phi) is 2.76. The van der Waals surface area contributed by atoms with E-state index in [0.29, 0.717) is 0 Å². The molecule has 5 heteroatoms. The van der Waals surface area contributed by atoms with E-state index in [1.165, 1.54) is 0 Å². The summed E-state index contributed by atoms with van der Waals surface area (Å²) in [6, 6.07) is 2.45. The monoisotopic (exact) mass is 229 g/mol. The smallest absolute Gasteiger partial charge is 0.155 e. The van der Waals surface area contributed by atoms with Crippen molar-refractivity contribution in [1.29, 1.82) is 0 Å². The van der Waals surface area contributed by atoms with E-state index in [1.54, 1.807) is 0 Å². The van der Waals surface area contributed by atoms with Crippen molar-refractivity contribution < 1.29 is 5.11 Å². The summed E-state index contributed by atoms with van der Waals surface area (Å²) in [5.74, 6) is -0.318. The molecule has 0 unspecified atom stereocenters. The van der Waals surface area contributed by atoms with E-state index in [1.807, 2.05) is 0 Å². The van der Waals surface area contributed by atoms with Gasteiger partial charge in [0.1, 0.15) is 10.0 Å². The van der Waals surface area contributed by atoms with Crippen molar-refractivity contribution in [3.05, 3.63) is 26.2 Å². The van der Waals surface area contributed by atoms with Crippen LogP contribution in [0.2, 0.25) is 20.1 Å². The lowest BCUT2D eigenvalue weighted by atomic mass is 10.3. The first-order chi connectivity index (χ1) is 5.04. The lowest BCUT2D eigenvalue weighted by molar-refractivity contribution is 0.476. The maximum absolute atomic E-state index is 9.12. The number of benzene rings is 1. The third-order valence-electron chi connectivity index (χ3n) is 1.02. The number of phenolic OH excluding ortho intramolecular Hbond substituents is 1. The van der Waals surface area contributed by atoms with Crippen molar-refractivity contribution in [2.75, 3.05) is 0 Å². The van der Waals surface area contributed by atoms with Gasteiger partial charge in [-0.1, -0.05) is 46.4 Å². The lowest BCUT2D eigenvalue weighted by Gasteiger charge is -2.02. The predicted molar refractivity (Wildman–Crippen MR) is 47.0 cm³/mol. The van der Waals surface area contributed by atoms with Gasteiger partial charge >= 0.3 is 0 Å². The van der Waals surface area contributed by atoms with Gasteiger partial charge in [-0.3, -0.25) is 0 Å². The Hall–Kier alpha value is 0.180. The fourth-order valence-corrected chi connectivity index (χ4v) is 1.26. The van der Waals surface area contributed by atoms with Gasteiger partial charge in [-0.25, -0.2) is 0 Å². The molecule has 0 aliphatic rings. The van der Waals surface area contributed by atoms with Crippen LogP contribution in [0.5, 0.6) is 5.75 Å². The molecule has 1 aromatic rings. The SMILES string of the molecule is Oc1c(Cl)c(Cl)[c]c(Cl)c1Cl. The second kappa shape index (κ2) is 3.28. The summed E-state index contributed by atoms with van der Waals surface area (Å²) in [4.78, 5) is 0. The van der Waals surface area contributed by atoms with E-state index < -0.39 is 0 Å². The van der Waals surface area contributed by atoms with Crippen LogP contribution >= 0.6 is 46.4 Å². The molecule has 59 valence electrons. The summed E-state index contributed by atoms with van der Waals surface area (Å²) in [6.07, 6.45) is 0. The molecule has 0 spiro atoms. The molecule has 0 bridgehead atoms. The number of rotatable bonds is 0. The quantitative estimate of drug-likeness (QED) is 0.673. The van der Waals surface area contributed by atoms with E-state index in [-0.39, 0.29) is 25.8 Å². The zero-order valence-electron chi connectivity index (χ0n) is 4.96. The number of phenols is 1. The van der Waals surface area contributed by atoms with Crippen LogP contribution in [-0.2, 0) is 0 Å². The zero-order valence-corrected chi connectivity index (χ0v) is 7.98. The van der Waals surface area contributed by atoms with Crippen molar-refractivity contribution >= 4 is 46.4 Å². The fourth-order valence-electron chi connectivity index (χ4n) is 0.510. The zero-order chi connectivity index (χ0) is 8.59. The average Bonchev–Trinajstić information content (AvgIpc) is 1.97. The molecule has 1 radical (unpaired) electrons. The second-order valence-corrected chi connectivity index (χ2v) is 3.24. The van der Waals surface area contributed by atoms with E-state index in [0.717, 1.165) is 0 Å². The number of halogens is 4. The van der Waals surface area contributed by atoms with Crippen LogP contribution in [0.25, 0.3) is 0 Å². The van der Waals surface area contributed by atoms with Gasteiger partial charge in [0.25, 0.3) is 0 Å². The standard InChI is InChI=1S/C6HCl4O/c7-2-1-3(8)5(10)6(11)4(2)9/h11H. The molecular formula is C6HCl4O. The van der Waals surface area contributed by atoms with Crippen LogP contribution in [0, 0.1) is 6.07 Å². The van der Waals surface area contributed by atoms with E-state index in [4.69, 9.17) is 51.5 Å². The Bertz CT molecular complexity index is 271. The van der Waals surface area contributed by atoms with Crippen molar-refractivity contribution in [1.82, 2.24) is 0 Å². The molecule has 0 saturated heterocycles. The highest BCUT2D eigenvalue weighted by molar-refractivity contribution is 6.48. The number of aromatic hydroxyl groups is 1. The number of hydrogen-bond acceptors (Lipinski definition) is 1. The van der Waals surface area contributed by atoms with Crippen LogP contribution in [0.3, 0.4) is 0 Å². The van der Waals surface area contributed by atoms with Crippen LogP contribution in [0.15, 0.2) is 0 Å². The molecule has 0 amide bonds. The Morgan fingerprint density at radius 1 is 0.909 bits per heavy atom. The minimum absolute atomic E-state index is 0.0407. The predicted octanol–water partition coefficient (Wildman–Crippen LogP) is 3.81. The first-order valence-corrected chi connectivity index (χ1v) is 3.99. The van der Waals surface area contributed by atoms with Crippen molar-refractivity contribution in [2.45, 2.75) is 0 Å². The minimum Gasteiger partial charge on any atom is -0.505 e. The molecule has 0 aliphatic heterocycles. The van der Waals surface area contributed by atoms with Crippen LogP contribution in [-0.4, -0.2) is 5.11 Å². The van der Waals surface area contributed by atoms with E-state index in [9.17, 15) is 0 Å². The van der Waals surface area contributed by atoms with Crippen molar-refractivity contribution in [3.63, 3.8) is 0 Å². The van der Waals surface area contributed by atoms with Gasteiger partial charge in [0, 0.05) is 6.07 Å². The van der Waals surface area contributed by atoms with Crippen LogP contribution in [0.4, 0.5) is 0 Å². The maximum Gasteiger partial charge on any atom is 0.155 e. The average molecular weight is 231 g/mol. The first-order valence-electron chi connectivity index (χ1n) is 2.48. The van der Waals surface area contributed by atoms with Crippen molar-refractivity contribution in [2.24, 2.45) is 0 Å². The topological polar surface area (TPSA) is 20.2 Å². The fraction of sp³-hybridized carbons (Fsp3) is 0. The minimum atomic E-state index is -0.318. The lowest BCUT2D eigenvalue weighted by Crippen LogP contribution is -1.76. The summed E-state index contributed by atoms with van der Waals surface area (Å²) in [5, 5.41) is 9.14. The molecule has 0 heterocycles. The summed E-state index contributed by atoms with van der Waals surface area (Å²) >= 11 is 22.0. The Labute approximate surface area is 83.4 Å². The highest BCUT2D eigenvalue weighted by Crippen LogP contribution is 2.41. The van der Waals surface area contributed by atoms with E-state index in [2.05, 4.69) is 6.07 Å². The molecule has 0 aromatic heterocycles. The highest BCUT2D eigenvalue weighted by atomic mass is 35.5. The number of hydrogen-bond donors (Lipinski definition) is 1. The third-order valence-corrected chi connectivity index (χ3v) is 2.52. The molecule has 11 heavy (non-hydrogen) atoms. The summed E-state index contributed by atoms with van der Waals surface area (Å²) < 4.78 is 0. The Morgan fingerprint density at radius 3 is 1.64 bits per heavy atom. The van der Waals surface area contributed by atoms with Gasteiger partial charge in [0.2, 0.25) is 0 Å². The van der Waals surface area contributed by atoms with Gasteiger partial charge < -0.3 is 5.11 Å². The molecule has 1 nitrogen and oxygen atoms in total. The maximum atomic E-state index is 9.12. The Morgan fingerprint density at radius 2 is 1.27 bits per heavy atom.